The van der Waals surface area contributed by atoms with Crippen LogP contribution in [0.15, 0.2) is 66.7 Å². The van der Waals surface area contributed by atoms with E-state index in [0.717, 1.165) is 42.6 Å². The number of hydrogen-bond donors (Lipinski definition) is 1. The number of carbonyl (C=O) groups excluding carboxylic acids is 1. The van der Waals surface area contributed by atoms with Gasteiger partial charge in [-0.25, -0.2) is 4.85 Å². The van der Waals surface area contributed by atoms with Gasteiger partial charge in [0.15, 0.2) is 5.69 Å². The molecule has 2 aliphatic rings. The van der Waals surface area contributed by atoms with Gasteiger partial charge in [-0.1, -0.05) is 78.5 Å². The summed E-state index contributed by atoms with van der Waals surface area (Å²) < 4.78 is 6.50. The minimum atomic E-state index is -0.546. The molecule has 7 heteroatoms. The third-order valence-corrected chi connectivity index (χ3v) is 8.23. The molecule has 3 aromatic rings. The van der Waals surface area contributed by atoms with Crippen molar-refractivity contribution in [2.75, 3.05) is 25.0 Å². The number of piperidine rings is 1. The third-order valence-electron chi connectivity index (χ3n) is 7.79. The van der Waals surface area contributed by atoms with E-state index >= 15 is 0 Å². The number of nitrogens with zero attached hydrogens (tertiary/aromatic N) is 2. The van der Waals surface area contributed by atoms with E-state index < -0.39 is 5.60 Å². The fourth-order valence-corrected chi connectivity index (χ4v) is 6.31. The second-order valence-corrected chi connectivity index (χ2v) is 11.1. The first-order valence-corrected chi connectivity index (χ1v) is 13.9. The number of amides is 1. The highest BCUT2D eigenvalue weighted by molar-refractivity contribution is 6.35. The molecular formula is C31H31Cl2N3O2. The van der Waals surface area contributed by atoms with Gasteiger partial charge in [-0.2, -0.15) is 0 Å². The number of ether oxygens (including phenoxy) is 1. The molecule has 3 aromatic carbocycles. The Morgan fingerprint density at radius 2 is 1.66 bits per heavy atom. The van der Waals surface area contributed by atoms with E-state index in [1.807, 2.05) is 24.3 Å². The van der Waals surface area contributed by atoms with Crippen LogP contribution < -0.4 is 5.32 Å². The number of rotatable bonds is 7. The lowest BCUT2D eigenvalue weighted by Crippen LogP contribution is -2.48. The third kappa shape index (κ3) is 6.22. The molecule has 5 nitrogen and oxygen atoms in total. The summed E-state index contributed by atoms with van der Waals surface area (Å²) in [5.41, 5.74) is 3.76. The smallest absolute Gasteiger partial charge is 0.250 e. The molecule has 1 aliphatic heterocycles. The fraction of sp³-hybridized carbons (Fsp3) is 0.355. The van der Waals surface area contributed by atoms with E-state index in [-0.39, 0.29) is 12.5 Å². The van der Waals surface area contributed by atoms with E-state index in [9.17, 15) is 4.79 Å². The first kappa shape index (κ1) is 26.7. The number of likely N-dealkylation sites (tertiary alicyclic amines) is 1. The molecule has 0 spiro atoms. The van der Waals surface area contributed by atoms with Crippen molar-refractivity contribution < 1.29 is 9.53 Å². The van der Waals surface area contributed by atoms with Crippen molar-refractivity contribution in [3.63, 3.8) is 0 Å². The molecule has 2 fully saturated rings. The Balaban J connectivity index is 1.34. The van der Waals surface area contributed by atoms with Gasteiger partial charge in [-0.05, 0) is 66.6 Å². The number of benzene rings is 3. The van der Waals surface area contributed by atoms with E-state index in [1.54, 1.807) is 18.2 Å². The van der Waals surface area contributed by atoms with E-state index in [4.69, 9.17) is 34.5 Å². The summed E-state index contributed by atoms with van der Waals surface area (Å²) in [7, 11) is 0. The maximum Gasteiger partial charge on any atom is 0.250 e. The van der Waals surface area contributed by atoms with Gasteiger partial charge in [-0.15, -0.1) is 0 Å². The molecule has 0 atom stereocenters. The zero-order valence-corrected chi connectivity index (χ0v) is 22.8. The van der Waals surface area contributed by atoms with Crippen molar-refractivity contribution in [1.29, 1.82) is 0 Å². The molecule has 1 saturated carbocycles. The Morgan fingerprint density at radius 1 is 0.974 bits per heavy atom. The van der Waals surface area contributed by atoms with Gasteiger partial charge in [0.25, 0.3) is 0 Å². The van der Waals surface area contributed by atoms with Gasteiger partial charge in [0.2, 0.25) is 5.91 Å². The van der Waals surface area contributed by atoms with Crippen LogP contribution in [0.3, 0.4) is 0 Å². The van der Waals surface area contributed by atoms with Crippen molar-refractivity contribution in [2.24, 2.45) is 0 Å². The van der Waals surface area contributed by atoms with Crippen molar-refractivity contribution in [2.45, 2.75) is 50.2 Å². The Kier molecular flexibility index (Phi) is 8.35. The number of halogens is 2. The van der Waals surface area contributed by atoms with Crippen molar-refractivity contribution >= 4 is 40.5 Å². The summed E-state index contributed by atoms with van der Waals surface area (Å²) in [6, 6.07) is 21.7. The second-order valence-electron chi connectivity index (χ2n) is 10.2. The molecule has 1 amide bonds. The highest BCUT2D eigenvalue weighted by atomic mass is 35.5. The summed E-state index contributed by atoms with van der Waals surface area (Å²) in [4.78, 5) is 19.0. The molecule has 38 heavy (non-hydrogen) atoms. The van der Waals surface area contributed by atoms with Crippen molar-refractivity contribution in [3.8, 4) is 11.1 Å². The SMILES string of the molecule is [C-]#[N+]c1cccc(-c2ccc(C3(OCC(=O)Nc4cc(Cl)cc(Cl)c4)CCN(C4CCCC4)CC3)cc2)c1. The molecule has 196 valence electrons. The maximum absolute atomic E-state index is 12.9. The maximum atomic E-state index is 12.9. The minimum absolute atomic E-state index is 0.0671. The largest absolute Gasteiger partial charge is 0.360 e. The molecule has 0 radical (unpaired) electrons. The Bertz CT molecular complexity index is 1300. The van der Waals surface area contributed by atoms with Crippen LogP contribution >= 0.6 is 23.2 Å². The highest BCUT2D eigenvalue weighted by Gasteiger charge is 2.39. The average molecular weight is 549 g/mol. The zero-order chi connectivity index (χ0) is 26.5. The summed E-state index contributed by atoms with van der Waals surface area (Å²) >= 11 is 12.2. The molecule has 1 heterocycles. The normalized spacial score (nSPS) is 17.7. The van der Waals surface area contributed by atoms with Crippen LogP contribution in [0.5, 0.6) is 0 Å². The zero-order valence-electron chi connectivity index (χ0n) is 21.3. The van der Waals surface area contributed by atoms with Crippen molar-refractivity contribution in [3.05, 3.63) is 93.8 Å². The monoisotopic (exact) mass is 547 g/mol. The Hall–Kier alpha value is -2.88. The van der Waals surface area contributed by atoms with Crippen LogP contribution in [0.4, 0.5) is 11.4 Å². The molecule has 0 unspecified atom stereocenters. The van der Waals surface area contributed by atoms with Crippen LogP contribution in [0.1, 0.15) is 44.1 Å². The topological polar surface area (TPSA) is 45.9 Å². The molecule has 1 aliphatic carbocycles. The van der Waals surface area contributed by atoms with Gasteiger partial charge >= 0.3 is 0 Å². The van der Waals surface area contributed by atoms with Crippen LogP contribution in [-0.4, -0.2) is 36.5 Å². The molecule has 0 bridgehead atoms. The predicted molar refractivity (Wildman–Crippen MR) is 154 cm³/mol. The van der Waals surface area contributed by atoms with Gasteiger partial charge in [0.1, 0.15) is 6.61 Å². The van der Waals surface area contributed by atoms with Gasteiger partial charge in [-0.3, -0.25) is 4.79 Å². The first-order chi connectivity index (χ1) is 18.4. The highest BCUT2D eigenvalue weighted by Crippen LogP contribution is 2.40. The Morgan fingerprint density at radius 3 is 2.32 bits per heavy atom. The fourth-order valence-electron chi connectivity index (χ4n) is 5.78. The molecule has 1 N–H and O–H groups in total. The first-order valence-electron chi connectivity index (χ1n) is 13.2. The molecule has 0 aromatic heterocycles. The number of anilines is 1. The van der Waals surface area contributed by atoms with E-state index in [0.29, 0.717) is 27.5 Å². The Labute approximate surface area is 234 Å². The number of carbonyl (C=O) groups is 1. The summed E-state index contributed by atoms with van der Waals surface area (Å²) in [6.45, 7) is 9.14. The lowest BCUT2D eigenvalue weighted by atomic mass is 9.83. The van der Waals surface area contributed by atoms with Crippen molar-refractivity contribution in [1.82, 2.24) is 4.90 Å². The van der Waals surface area contributed by atoms with Crippen LogP contribution in [0, 0.1) is 6.57 Å². The van der Waals surface area contributed by atoms with Gasteiger partial charge < -0.3 is 15.0 Å². The standard InChI is InChI=1S/C31H31Cl2N3O2/c1-34-27-6-4-5-23(17-27)22-9-11-24(12-10-22)31(13-15-36(16-14-31)29-7-2-3-8-29)38-21-30(37)35-28-19-25(32)18-26(33)20-28/h4-6,9-12,17-20,29H,2-3,7-8,13-16,21H2,(H,35,37). The molecule has 1 saturated heterocycles. The van der Waals surface area contributed by atoms with Crippen LogP contribution in [-0.2, 0) is 15.1 Å². The van der Waals surface area contributed by atoms with Gasteiger partial charge in [0.05, 0.1) is 12.2 Å². The average Bonchev–Trinajstić information content (AvgIpc) is 3.47. The van der Waals surface area contributed by atoms with Crippen LogP contribution in [0.2, 0.25) is 10.0 Å². The quantitative estimate of drug-likeness (QED) is 0.304. The second kappa shape index (κ2) is 11.9. The van der Waals surface area contributed by atoms with Gasteiger partial charge in [0, 0.05) is 34.9 Å². The minimum Gasteiger partial charge on any atom is -0.360 e. The van der Waals surface area contributed by atoms with Crippen LogP contribution in [0.25, 0.3) is 16.0 Å². The molecular weight excluding hydrogens is 517 g/mol. The molecule has 5 rings (SSSR count). The lowest BCUT2D eigenvalue weighted by molar-refractivity contribution is -0.135. The van der Waals surface area contributed by atoms with E-state index in [1.165, 1.54) is 25.7 Å². The van der Waals surface area contributed by atoms with E-state index in [2.05, 4.69) is 39.3 Å². The number of hydrogen-bond acceptors (Lipinski definition) is 3. The summed E-state index contributed by atoms with van der Waals surface area (Å²) in [6.07, 6.45) is 6.83. The predicted octanol–water partition coefficient (Wildman–Crippen LogP) is 8.10. The summed E-state index contributed by atoms with van der Waals surface area (Å²) in [5.74, 6) is -0.242. The number of nitrogens with one attached hydrogen (secondary N) is 1. The summed E-state index contributed by atoms with van der Waals surface area (Å²) in [5, 5.41) is 3.79. The lowest BCUT2D eigenvalue weighted by Gasteiger charge is -2.44.